The Morgan fingerprint density at radius 2 is 2.21 bits per heavy atom. The fourth-order valence-corrected chi connectivity index (χ4v) is 1.78. The van der Waals surface area contributed by atoms with Crippen molar-refractivity contribution in [3.63, 3.8) is 0 Å². The number of aromatic amines is 1. The first kappa shape index (κ1) is 14.7. The van der Waals surface area contributed by atoms with E-state index in [-0.39, 0.29) is 17.8 Å². The van der Waals surface area contributed by atoms with Gasteiger partial charge in [0, 0.05) is 18.7 Å². The van der Waals surface area contributed by atoms with Gasteiger partial charge in [-0.25, -0.2) is 0 Å². The molecule has 1 amide bonds. The van der Waals surface area contributed by atoms with E-state index in [4.69, 9.17) is 5.11 Å². The lowest BCUT2D eigenvalue weighted by atomic mass is 10.2. The second-order valence-corrected chi connectivity index (χ2v) is 4.07. The summed E-state index contributed by atoms with van der Waals surface area (Å²) in [5, 5.41) is 19.3. The van der Waals surface area contributed by atoms with Crippen molar-refractivity contribution < 1.29 is 19.6 Å². The molecule has 0 saturated carbocycles. The number of H-pyrrole nitrogens is 1. The molecule has 0 fully saturated rings. The van der Waals surface area contributed by atoms with Crippen LogP contribution >= 0.6 is 0 Å². The van der Waals surface area contributed by atoms with Crippen LogP contribution in [0.5, 0.6) is 0 Å². The third-order valence-corrected chi connectivity index (χ3v) is 2.71. The van der Waals surface area contributed by atoms with Gasteiger partial charge in [-0.05, 0) is 13.8 Å². The van der Waals surface area contributed by atoms with Crippen molar-refractivity contribution in [1.29, 1.82) is 0 Å². The number of aliphatic carboxylic acids is 1. The summed E-state index contributed by atoms with van der Waals surface area (Å²) in [5.41, 5.74) is -0.129. The molecule has 0 aromatic carbocycles. The highest BCUT2D eigenvalue weighted by atomic mass is 16.6. The maximum Gasteiger partial charge on any atom is 0.305 e. The van der Waals surface area contributed by atoms with Gasteiger partial charge in [0.15, 0.2) is 0 Å². The minimum absolute atomic E-state index is 0.0748. The Hall–Kier alpha value is -2.38. The molecule has 0 bridgehead atoms. The normalized spacial score (nSPS) is 11.9. The quantitative estimate of drug-likeness (QED) is 0.595. The maximum atomic E-state index is 12.1. The zero-order valence-corrected chi connectivity index (χ0v) is 10.6. The van der Waals surface area contributed by atoms with Crippen molar-refractivity contribution in [2.24, 2.45) is 0 Å². The van der Waals surface area contributed by atoms with Crippen LogP contribution in [0.2, 0.25) is 0 Å². The summed E-state index contributed by atoms with van der Waals surface area (Å²) in [4.78, 5) is 36.6. The number of carboxylic acid groups (broad SMARTS) is 1. The van der Waals surface area contributed by atoms with Crippen LogP contribution in [0.15, 0.2) is 12.3 Å². The Morgan fingerprint density at radius 3 is 2.63 bits per heavy atom. The summed E-state index contributed by atoms with van der Waals surface area (Å²) in [7, 11) is 0. The first-order chi connectivity index (χ1) is 8.86. The zero-order chi connectivity index (χ0) is 14.6. The van der Waals surface area contributed by atoms with Gasteiger partial charge in [0.25, 0.3) is 11.6 Å². The van der Waals surface area contributed by atoms with E-state index in [2.05, 4.69) is 4.98 Å². The number of rotatable bonds is 6. The average molecular weight is 269 g/mol. The van der Waals surface area contributed by atoms with Crippen molar-refractivity contribution in [2.45, 2.75) is 26.3 Å². The van der Waals surface area contributed by atoms with Crippen molar-refractivity contribution in [3.05, 3.63) is 28.1 Å². The van der Waals surface area contributed by atoms with Crippen LogP contribution in [0.4, 0.5) is 5.69 Å². The number of nitro groups is 1. The van der Waals surface area contributed by atoms with Crippen LogP contribution in [0.25, 0.3) is 0 Å². The number of amides is 1. The first-order valence-electron chi connectivity index (χ1n) is 5.72. The second kappa shape index (κ2) is 5.98. The van der Waals surface area contributed by atoms with E-state index in [0.717, 1.165) is 12.3 Å². The number of nitrogens with zero attached hydrogens (tertiary/aromatic N) is 2. The second-order valence-electron chi connectivity index (χ2n) is 4.07. The Kier molecular flexibility index (Phi) is 4.62. The molecular weight excluding hydrogens is 254 g/mol. The van der Waals surface area contributed by atoms with Crippen LogP contribution in [-0.2, 0) is 4.79 Å². The lowest BCUT2D eigenvalue weighted by Gasteiger charge is -2.26. The van der Waals surface area contributed by atoms with Gasteiger partial charge in [0.05, 0.1) is 17.5 Å². The van der Waals surface area contributed by atoms with Crippen LogP contribution in [0.1, 0.15) is 30.8 Å². The molecule has 2 N–H and O–H groups in total. The van der Waals surface area contributed by atoms with Crippen molar-refractivity contribution in [3.8, 4) is 0 Å². The van der Waals surface area contributed by atoms with E-state index < -0.39 is 22.8 Å². The van der Waals surface area contributed by atoms with Gasteiger partial charge in [-0.1, -0.05) is 0 Å². The van der Waals surface area contributed by atoms with Crippen molar-refractivity contribution >= 4 is 17.6 Å². The molecule has 1 rings (SSSR count). The van der Waals surface area contributed by atoms with Crippen molar-refractivity contribution in [2.75, 3.05) is 6.54 Å². The van der Waals surface area contributed by atoms with Crippen LogP contribution in [-0.4, -0.2) is 44.4 Å². The summed E-state index contributed by atoms with van der Waals surface area (Å²) in [6.45, 7) is 3.65. The summed E-state index contributed by atoms with van der Waals surface area (Å²) >= 11 is 0. The number of carbonyl (C=O) groups is 2. The lowest BCUT2D eigenvalue weighted by Crippen LogP contribution is -2.39. The SMILES string of the molecule is CCN(C(=O)c1cc([N+](=O)[O-])c[nH]1)C(C)CC(=O)O. The Balaban J connectivity index is 2.88. The number of aromatic nitrogens is 1. The van der Waals surface area contributed by atoms with Gasteiger partial charge >= 0.3 is 5.97 Å². The smallest absolute Gasteiger partial charge is 0.305 e. The monoisotopic (exact) mass is 269 g/mol. The molecule has 8 nitrogen and oxygen atoms in total. The predicted molar refractivity (Wildman–Crippen MR) is 65.9 cm³/mol. The molecule has 1 atom stereocenters. The molecular formula is C11H15N3O5. The molecule has 1 aromatic heterocycles. The van der Waals surface area contributed by atoms with E-state index in [9.17, 15) is 19.7 Å². The summed E-state index contributed by atoms with van der Waals surface area (Å²) in [5.74, 6) is -1.46. The molecule has 0 radical (unpaired) electrons. The van der Waals surface area contributed by atoms with Crippen LogP contribution in [0, 0.1) is 10.1 Å². The minimum atomic E-state index is -1.00. The topological polar surface area (TPSA) is 117 Å². The highest BCUT2D eigenvalue weighted by Gasteiger charge is 2.24. The van der Waals surface area contributed by atoms with Gasteiger partial charge in [0.2, 0.25) is 0 Å². The van der Waals surface area contributed by atoms with Crippen LogP contribution < -0.4 is 0 Å². The largest absolute Gasteiger partial charge is 0.481 e. The maximum absolute atomic E-state index is 12.1. The fraction of sp³-hybridized carbons (Fsp3) is 0.455. The van der Waals surface area contributed by atoms with Crippen LogP contribution in [0.3, 0.4) is 0 Å². The molecule has 1 unspecified atom stereocenters. The standard InChI is InChI=1S/C11H15N3O5/c1-3-13(7(2)4-10(15)16)11(17)9-5-8(6-12-9)14(18)19/h5-7,12H,3-4H2,1-2H3,(H,15,16). The van der Waals surface area contributed by atoms with Gasteiger partial charge in [0.1, 0.15) is 5.69 Å². The number of carboxylic acids is 1. The molecule has 1 aromatic rings. The van der Waals surface area contributed by atoms with Gasteiger partial charge in [-0.2, -0.15) is 0 Å². The third-order valence-electron chi connectivity index (χ3n) is 2.71. The van der Waals surface area contributed by atoms with Gasteiger partial charge < -0.3 is 15.0 Å². The summed E-state index contributed by atoms with van der Waals surface area (Å²) < 4.78 is 0. The number of nitrogens with one attached hydrogen (secondary N) is 1. The molecule has 104 valence electrons. The van der Waals surface area contributed by atoms with E-state index in [1.807, 2.05) is 0 Å². The number of hydrogen-bond acceptors (Lipinski definition) is 4. The summed E-state index contributed by atoms with van der Waals surface area (Å²) in [6, 6.07) is 0.649. The van der Waals surface area contributed by atoms with Gasteiger partial charge in [-0.3, -0.25) is 19.7 Å². The molecule has 0 saturated heterocycles. The molecule has 8 heteroatoms. The number of carbonyl (C=O) groups excluding carboxylic acids is 1. The Labute approximate surface area is 109 Å². The first-order valence-corrected chi connectivity index (χ1v) is 5.72. The van der Waals surface area contributed by atoms with Gasteiger partial charge in [-0.15, -0.1) is 0 Å². The summed E-state index contributed by atoms with van der Waals surface area (Å²) in [6.07, 6.45) is 0.950. The molecule has 1 heterocycles. The van der Waals surface area contributed by atoms with Crippen molar-refractivity contribution in [1.82, 2.24) is 9.88 Å². The highest BCUT2D eigenvalue weighted by molar-refractivity contribution is 5.93. The lowest BCUT2D eigenvalue weighted by molar-refractivity contribution is -0.384. The van der Waals surface area contributed by atoms with E-state index >= 15 is 0 Å². The van der Waals surface area contributed by atoms with E-state index in [1.54, 1.807) is 13.8 Å². The van der Waals surface area contributed by atoms with E-state index in [1.165, 1.54) is 4.90 Å². The predicted octanol–water partition coefficient (Wildman–Crippen LogP) is 1.25. The molecule has 19 heavy (non-hydrogen) atoms. The minimum Gasteiger partial charge on any atom is -0.481 e. The molecule has 0 aliphatic carbocycles. The molecule has 0 spiro atoms. The Morgan fingerprint density at radius 1 is 1.58 bits per heavy atom. The zero-order valence-electron chi connectivity index (χ0n) is 10.6. The molecule has 0 aliphatic heterocycles. The highest BCUT2D eigenvalue weighted by Crippen LogP contribution is 2.16. The van der Waals surface area contributed by atoms with E-state index in [0.29, 0.717) is 6.54 Å². The Bertz CT molecular complexity index is 496. The average Bonchev–Trinajstić information content (AvgIpc) is 2.77. The molecule has 0 aliphatic rings. The number of hydrogen-bond donors (Lipinski definition) is 2. The fourth-order valence-electron chi connectivity index (χ4n) is 1.78. The third kappa shape index (κ3) is 3.54.